The average Bonchev–Trinajstić information content (AvgIpc) is 3.00. The van der Waals surface area contributed by atoms with E-state index in [2.05, 4.69) is 29.0 Å². The molecule has 2 fully saturated rings. The molecule has 28 heavy (non-hydrogen) atoms. The van der Waals surface area contributed by atoms with Gasteiger partial charge in [0.25, 0.3) is 5.79 Å². The van der Waals surface area contributed by atoms with Crippen LogP contribution in [0.25, 0.3) is 0 Å². The zero-order valence-electron chi connectivity index (χ0n) is 17.2. The number of benzene rings is 1. The first-order valence-electron chi connectivity index (χ1n) is 10.8. The van der Waals surface area contributed by atoms with Crippen molar-refractivity contribution in [2.75, 3.05) is 44.6 Å². The zero-order valence-corrected chi connectivity index (χ0v) is 17.2. The number of fused-ring (bicyclic) bond motifs is 1. The number of nitrogens with zero attached hydrogens (tertiary/aromatic N) is 2. The summed E-state index contributed by atoms with van der Waals surface area (Å²) in [6, 6.07) is 5.72. The van der Waals surface area contributed by atoms with Gasteiger partial charge in [-0.15, -0.1) is 0 Å². The van der Waals surface area contributed by atoms with Gasteiger partial charge in [-0.1, -0.05) is 20.3 Å². The molecule has 4 rings (SSSR count). The van der Waals surface area contributed by atoms with Crippen molar-refractivity contribution < 1.29 is 14.3 Å². The van der Waals surface area contributed by atoms with Gasteiger partial charge in [-0.2, -0.15) is 0 Å². The molecule has 0 bridgehead atoms. The summed E-state index contributed by atoms with van der Waals surface area (Å²) < 4.78 is 12.3. The third-order valence-corrected chi connectivity index (χ3v) is 5.89. The standard InChI is InChI=1S/C22H33N3O3/c1-17(2)15-24-10-12-25(13-11-24)16-21(26)23-18-6-7-19-20(14-18)28-22(27-19)8-4-3-5-9-22/h6-7,14,17H,3-5,8-13,15-16H2,1-2H3,(H,23,26). The maximum Gasteiger partial charge on any atom is 0.251 e. The van der Waals surface area contributed by atoms with Crippen molar-refractivity contribution in [2.45, 2.75) is 51.7 Å². The molecule has 1 saturated heterocycles. The average molecular weight is 388 g/mol. The fourth-order valence-corrected chi connectivity index (χ4v) is 4.52. The number of amides is 1. The van der Waals surface area contributed by atoms with Gasteiger partial charge in [0.05, 0.1) is 6.54 Å². The van der Waals surface area contributed by atoms with E-state index in [-0.39, 0.29) is 5.91 Å². The lowest BCUT2D eigenvalue weighted by Gasteiger charge is -2.35. The Labute approximate surface area is 168 Å². The van der Waals surface area contributed by atoms with E-state index in [9.17, 15) is 4.79 Å². The second-order valence-electron chi connectivity index (χ2n) is 8.86. The van der Waals surface area contributed by atoms with E-state index < -0.39 is 5.79 Å². The minimum Gasteiger partial charge on any atom is -0.448 e. The summed E-state index contributed by atoms with van der Waals surface area (Å²) in [7, 11) is 0. The molecule has 1 aromatic rings. The zero-order chi connectivity index (χ0) is 19.6. The van der Waals surface area contributed by atoms with Gasteiger partial charge in [-0.25, -0.2) is 0 Å². The largest absolute Gasteiger partial charge is 0.448 e. The normalized spacial score (nSPS) is 22.0. The number of rotatable bonds is 5. The summed E-state index contributed by atoms with van der Waals surface area (Å²) in [4.78, 5) is 17.2. The van der Waals surface area contributed by atoms with Crippen molar-refractivity contribution in [3.8, 4) is 11.5 Å². The molecule has 0 aromatic heterocycles. The minimum atomic E-state index is -0.473. The molecule has 0 atom stereocenters. The summed E-state index contributed by atoms with van der Waals surface area (Å²) in [6.45, 7) is 10.1. The van der Waals surface area contributed by atoms with E-state index in [0.29, 0.717) is 12.5 Å². The number of hydrogen-bond acceptors (Lipinski definition) is 5. The molecule has 0 unspecified atom stereocenters. The van der Waals surface area contributed by atoms with Gasteiger partial charge >= 0.3 is 0 Å². The molecule has 2 aliphatic heterocycles. The van der Waals surface area contributed by atoms with Gasteiger partial charge < -0.3 is 19.7 Å². The quantitative estimate of drug-likeness (QED) is 0.840. The predicted molar refractivity (Wildman–Crippen MR) is 110 cm³/mol. The summed E-state index contributed by atoms with van der Waals surface area (Å²) in [5.41, 5.74) is 0.777. The van der Waals surface area contributed by atoms with Crippen LogP contribution < -0.4 is 14.8 Å². The van der Waals surface area contributed by atoms with E-state index in [0.717, 1.165) is 75.6 Å². The molecular formula is C22H33N3O3. The molecule has 3 aliphatic rings. The summed E-state index contributed by atoms with van der Waals surface area (Å²) in [5.74, 6) is 1.79. The van der Waals surface area contributed by atoms with Crippen LogP contribution in [0.1, 0.15) is 46.0 Å². The van der Waals surface area contributed by atoms with Crippen LogP contribution in [0.4, 0.5) is 5.69 Å². The van der Waals surface area contributed by atoms with Crippen LogP contribution in [-0.2, 0) is 4.79 Å². The van der Waals surface area contributed by atoms with Crippen LogP contribution in [0.5, 0.6) is 11.5 Å². The maximum atomic E-state index is 12.5. The number of ether oxygens (including phenoxy) is 2. The van der Waals surface area contributed by atoms with Crippen LogP contribution in [0.2, 0.25) is 0 Å². The molecule has 1 aromatic carbocycles. The SMILES string of the molecule is CC(C)CN1CCN(CC(=O)Nc2ccc3c(c2)OC2(CCCCC2)O3)CC1. The third kappa shape index (κ3) is 4.61. The highest BCUT2D eigenvalue weighted by molar-refractivity contribution is 5.92. The molecule has 1 spiro atoms. The molecule has 6 heteroatoms. The smallest absolute Gasteiger partial charge is 0.251 e. The van der Waals surface area contributed by atoms with Gasteiger partial charge in [0.1, 0.15) is 0 Å². The monoisotopic (exact) mass is 387 g/mol. The number of piperazine rings is 1. The Morgan fingerprint density at radius 3 is 2.43 bits per heavy atom. The summed E-state index contributed by atoms with van der Waals surface area (Å²) in [6.07, 6.45) is 5.40. The molecule has 1 aliphatic carbocycles. The number of carbonyl (C=O) groups is 1. The Kier molecular flexibility index (Phi) is 5.78. The lowest BCUT2D eigenvalue weighted by molar-refractivity contribution is -0.117. The summed E-state index contributed by atoms with van der Waals surface area (Å²) in [5, 5.41) is 3.02. The number of hydrogen-bond donors (Lipinski definition) is 1. The Morgan fingerprint density at radius 1 is 1.04 bits per heavy atom. The summed E-state index contributed by atoms with van der Waals surface area (Å²) >= 11 is 0. The highest BCUT2D eigenvalue weighted by Gasteiger charge is 2.42. The van der Waals surface area contributed by atoms with Crippen molar-refractivity contribution in [3.63, 3.8) is 0 Å². The fraction of sp³-hybridized carbons (Fsp3) is 0.682. The Morgan fingerprint density at radius 2 is 1.71 bits per heavy atom. The highest BCUT2D eigenvalue weighted by atomic mass is 16.7. The first kappa shape index (κ1) is 19.5. The van der Waals surface area contributed by atoms with Crippen LogP contribution >= 0.6 is 0 Å². The fourth-order valence-electron chi connectivity index (χ4n) is 4.52. The van der Waals surface area contributed by atoms with Gasteiger partial charge in [0.2, 0.25) is 5.91 Å². The lowest BCUT2D eigenvalue weighted by atomic mass is 9.94. The number of nitrogens with one attached hydrogen (secondary N) is 1. The molecule has 0 radical (unpaired) electrons. The first-order valence-corrected chi connectivity index (χ1v) is 10.8. The molecule has 6 nitrogen and oxygen atoms in total. The van der Waals surface area contributed by atoms with E-state index >= 15 is 0 Å². The first-order chi connectivity index (χ1) is 13.5. The third-order valence-electron chi connectivity index (χ3n) is 5.89. The molecular weight excluding hydrogens is 354 g/mol. The van der Waals surface area contributed by atoms with Crippen LogP contribution in [0.3, 0.4) is 0 Å². The van der Waals surface area contributed by atoms with Gasteiger partial charge in [-0.3, -0.25) is 9.69 Å². The Balaban J connectivity index is 1.28. The molecule has 154 valence electrons. The second-order valence-corrected chi connectivity index (χ2v) is 8.86. The van der Waals surface area contributed by atoms with Crippen LogP contribution in [0.15, 0.2) is 18.2 Å². The van der Waals surface area contributed by atoms with Crippen molar-refractivity contribution in [1.82, 2.24) is 9.80 Å². The number of anilines is 1. The second kappa shape index (κ2) is 8.29. The predicted octanol–water partition coefficient (Wildman–Crippen LogP) is 3.33. The van der Waals surface area contributed by atoms with Crippen molar-refractivity contribution in [2.24, 2.45) is 5.92 Å². The van der Waals surface area contributed by atoms with E-state index in [4.69, 9.17) is 9.47 Å². The van der Waals surface area contributed by atoms with Crippen LogP contribution in [0, 0.1) is 5.92 Å². The van der Waals surface area contributed by atoms with Gasteiger partial charge in [-0.05, 0) is 30.9 Å². The van der Waals surface area contributed by atoms with E-state index in [1.54, 1.807) is 0 Å². The molecule has 2 heterocycles. The lowest BCUT2D eigenvalue weighted by Crippen LogP contribution is -2.49. The molecule has 1 amide bonds. The Hall–Kier alpha value is -1.79. The Bertz CT molecular complexity index is 692. The van der Waals surface area contributed by atoms with Gasteiger partial charge in [0, 0.05) is 57.3 Å². The maximum absolute atomic E-state index is 12.5. The minimum absolute atomic E-state index is 0.0311. The van der Waals surface area contributed by atoms with Crippen molar-refractivity contribution in [1.29, 1.82) is 0 Å². The number of carbonyl (C=O) groups excluding carboxylic acids is 1. The molecule has 1 N–H and O–H groups in total. The van der Waals surface area contributed by atoms with E-state index in [1.165, 1.54) is 6.42 Å². The highest BCUT2D eigenvalue weighted by Crippen LogP contribution is 2.46. The van der Waals surface area contributed by atoms with Gasteiger partial charge in [0.15, 0.2) is 11.5 Å². The van der Waals surface area contributed by atoms with E-state index in [1.807, 2.05) is 18.2 Å². The van der Waals surface area contributed by atoms with Crippen LogP contribution in [-0.4, -0.2) is 60.8 Å². The van der Waals surface area contributed by atoms with Crippen molar-refractivity contribution >= 4 is 11.6 Å². The topological polar surface area (TPSA) is 54.0 Å². The molecule has 1 saturated carbocycles. The van der Waals surface area contributed by atoms with Crippen molar-refractivity contribution in [3.05, 3.63) is 18.2 Å².